The molecule has 1 heterocycles. The number of hydrogen-bond donors (Lipinski definition) is 0. The van der Waals surface area contributed by atoms with Crippen LogP contribution in [0.2, 0.25) is 0 Å². The lowest BCUT2D eigenvalue weighted by atomic mass is 9.76. The number of esters is 2. The minimum Gasteiger partial charge on any atom is -0.493 e. The monoisotopic (exact) mass is 411 g/mol. The molecule has 0 fully saturated rings. The summed E-state index contributed by atoms with van der Waals surface area (Å²) in [6.07, 6.45) is 1.62. The number of benzene rings is 2. The van der Waals surface area contributed by atoms with Crippen molar-refractivity contribution in [2.45, 2.75) is 32.7 Å². The molecule has 30 heavy (non-hydrogen) atoms. The second kappa shape index (κ2) is 7.65. The van der Waals surface area contributed by atoms with Crippen LogP contribution in [0.15, 0.2) is 18.2 Å². The number of rotatable bonds is 4. The molecule has 1 unspecified atom stereocenters. The fourth-order valence-electron chi connectivity index (χ4n) is 4.53. The molecule has 7 heteroatoms. The van der Waals surface area contributed by atoms with Crippen molar-refractivity contribution < 1.29 is 28.5 Å². The van der Waals surface area contributed by atoms with E-state index in [0.717, 1.165) is 41.6 Å². The number of methoxy groups -OCH3 is 2. The number of nitrogens with zero attached hydrogens (tertiary/aromatic N) is 1. The van der Waals surface area contributed by atoms with Crippen LogP contribution in [0.4, 0.5) is 0 Å². The Morgan fingerprint density at radius 3 is 2.23 bits per heavy atom. The Hall–Kier alpha value is -3.06. The Balaban J connectivity index is 2.02. The summed E-state index contributed by atoms with van der Waals surface area (Å²) < 4.78 is 22.1. The summed E-state index contributed by atoms with van der Waals surface area (Å²) in [5.74, 6) is 0.978. The van der Waals surface area contributed by atoms with Gasteiger partial charge in [-0.15, -0.1) is 0 Å². The molecule has 0 N–H and O–H groups in total. The number of likely N-dealkylation sites (N-methyl/N-ethyl adjacent to an activating group) is 1. The summed E-state index contributed by atoms with van der Waals surface area (Å²) >= 11 is 0. The number of carbonyl (C=O) groups is 2. The van der Waals surface area contributed by atoms with Gasteiger partial charge in [0.25, 0.3) is 0 Å². The molecule has 4 rings (SSSR count). The molecule has 7 nitrogen and oxygen atoms in total. The van der Waals surface area contributed by atoms with Gasteiger partial charge >= 0.3 is 11.9 Å². The zero-order valence-electron chi connectivity index (χ0n) is 17.8. The molecular formula is C23H25NO6. The van der Waals surface area contributed by atoms with Crippen LogP contribution >= 0.6 is 0 Å². The van der Waals surface area contributed by atoms with Crippen LogP contribution < -0.4 is 18.9 Å². The minimum absolute atomic E-state index is 0.148. The Labute approximate surface area is 175 Å². The second-order valence-electron chi connectivity index (χ2n) is 7.65. The summed E-state index contributed by atoms with van der Waals surface area (Å²) in [6, 6.07) is 5.80. The molecule has 0 aromatic heterocycles. The lowest BCUT2D eigenvalue weighted by Gasteiger charge is -2.40. The summed E-state index contributed by atoms with van der Waals surface area (Å²) in [4.78, 5) is 25.6. The van der Waals surface area contributed by atoms with Gasteiger partial charge in [-0.25, -0.2) is 0 Å². The topological polar surface area (TPSA) is 74.3 Å². The van der Waals surface area contributed by atoms with Crippen LogP contribution in [-0.2, 0) is 22.4 Å². The van der Waals surface area contributed by atoms with Crippen LogP contribution in [0.5, 0.6) is 23.0 Å². The van der Waals surface area contributed by atoms with E-state index in [1.54, 1.807) is 7.11 Å². The lowest BCUT2D eigenvalue weighted by Crippen LogP contribution is -2.35. The van der Waals surface area contributed by atoms with Crippen molar-refractivity contribution in [3.05, 3.63) is 34.9 Å². The Morgan fingerprint density at radius 2 is 1.60 bits per heavy atom. The van der Waals surface area contributed by atoms with E-state index in [1.165, 1.54) is 26.5 Å². The van der Waals surface area contributed by atoms with E-state index < -0.39 is 11.9 Å². The second-order valence-corrected chi connectivity index (χ2v) is 7.65. The first-order valence-electron chi connectivity index (χ1n) is 9.86. The van der Waals surface area contributed by atoms with E-state index in [9.17, 15) is 9.59 Å². The van der Waals surface area contributed by atoms with E-state index in [1.807, 2.05) is 18.2 Å². The van der Waals surface area contributed by atoms with Gasteiger partial charge in [-0.05, 0) is 60.3 Å². The molecule has 0 bridgehead atoms. The van der Waals surface area contributed by atoms with Crippen molar-refractivity contribution in [2.24, 2.45) is 0 Å². The summed E-state index contributed by atoms with van der Waals surface area (Å²) in [5.41, 5.74) is 5.18. The maximum Gasteiger partial charge on any atom is 0.308 e. The molecule has 2 aliphatic rings. The summed E-state index contributed by atoms with van der Waals surface area (Å²) in [6.45, 7) is 3.64. The van der Waals surface area contributed by atoms with Gasteiger partial charge in [0.1, 0.15) is 0 Å². The van der Waals surface area contributed by atoms with Crippen molar-refractivity contribution in [1.82, 2.24) is 4.90 Å². The molecular weight excluding hydrogens is 386 g/mol. The average Bonchev–Trinajstić information content (AvgIpc) is 2.69. The highest BCUT2D eigenvalue weighted by atomic mass is 16.6. The summed E-state index contributed by atoms with van der Waals surface area (Å²) in [7, 11) is 5.22. The van der Waals surface area contributed by atoms with Crippen LogP contribution in [0.3, 0.4) is 0 Å². The van der Waals surface area contributed by atoms with Crippen molar-refractivity contribution in [3.63, 3.8) is 0 Å². The first kappa shape index (κ1) is 20.2. The normalized spacial score (nSPS) is 16.9. The number of fused-ring (bicyclic) bond motifs is 2. The molecule has 0 amide bonds. The van der Waals surface area contributed by atoms with Gasteiger partial charge in [0, 0.05) is 32.0 Å². The third-order valence-electron chi connectivity index (χ3n) is 5.75. The predicted octanol–water partition coefficient (Wildman–Crippen LogP) is 3.31. The molecule has 2 aromatic carbocycles. The van der Waals surface area contributed by atoms with E-state index in [-0.39, 0.29) is 6.04 Å². The number of carbonyl (C=O) groups excluding carboxylic acids is 2. The fraction of sp³-hybridized carbons (Fsp3) is 0.391. The fourth-order valence-corrected chi connectivity index (χ4v) is 4.53. The van der Waals surface area contributed by atoms with Crippen LogP contribution in [0, 0.1) is 0 Å². The first-order valence-corrected chi connectivity index (χ1v) is 9.86. The third-order valence-corrected chi connectivity index (χ3v) is 5.75. The van der Waals surface area contributed by atoms with Gasteiger partial charge in [-0.2, -0.15) is 0 Å². The first-order chi connectivity index (χ1) is 14.3. The number of hydrogen-bond acceptors (Lipinski definition) is 7. The smallest absolute Gasteiger partial charge is 0.308 e. The molecule has 1 aliphatic carbocycles. The highest BCUT2D eigenvalue weighted by molar-refractivity contribution is 5.86. The molecule has 1 atom stereocenters. The number of ether oxygens (including phenoxy) is 4. The molecule has 0 saturated heterocycles. The maximum absolute atomic E-state index is 11.7. The Morgan fingerprint density at radius 1 is 0.933 bits per heavy atom. The lowest BCUT2D eigenvalue weighted by molar-refractivity contribution is -0.132. The average molecular weight is 411 g/mol. The molecule has 0 radical (unpaired) electrons. The van der Waals surface area contributed by atoms with Gasteiger partial charge < -0.3 is 18.9 Å². The van der Waals surface area contributed by atoms with Gasteiger partial charge in [0.05, 0.1) is 14.2 Å². The van der Waals surface area contributed by atoms with E-state index in [0.29, 0.717) is 23.0 Å². The van der Waals surface area contributed by atoms with E-state index in [2.05, 4.69) is 11.9 Å². The van der Waals surface area contributed by atoms with Crippen LogP contribution in [0.1, 0.15) is 36.6 Å². The van der Waals surface area contributed by atoms with Gasteiger partial charge in [-0.1, -0.05) is 0 Å². The van der Waals surface area contributed by atoms with Crippen molar-refractivity contribution >= 4 is 11.9 Å². The molecule has 158 valence electrons. The van der Waals surface area contributed by atoms with Crippen LogP contribution in [-0.4, -0.2) is 44.7 Å². The summed E-state index contributed by atoms with van der Waals surface area (Å²) in [5, 5.41) is 0. The predicted molar refractivity (Wildman–Crippen MR) is 110 cm³/mol. The Bertz CT molecular complexity index is 1040. The molecule has 0 saturated carbocycles. The quantitative estimate of drug-likeness (QED) is 0.564. The van der Waals surface area contributed by atoms with Gasteiger partial charge in [-0.3, -0.25) is 14.5 Å². The van der Waals surface area contributed by atoms with Gasteiger partial charge in [0.2, 0.25) is 0 Å². The van der Waals surface area contributed by atoms with Crippen molar-refractivity contribution in [2.75, 3.05) is 27.8 Å². The maximum atomic E-state index is 11.7. The standard InChI is InChI=1S/C23H25NO6/c1-12(25)29-19-10-15-8-17-21-14(6-7-24(17)3)9-20(30-13(2)26)23(28-5)22(21)16(15)11-18(19)27-4/h9-11,17H,6-8H2,1-5H3. The van der Waals surface area contributed by atoms with E-state index in [4.69, 9.17) is 18.9 Å². The zero-order valence-corrected chi connectivity index (χ0v) is 17.8. The van der Waals surface area contributed by atoms with Gasteiger partial charge in [0.15, 0.2) is 23.0 Å². The SMILES string of the molecule is COc1cc2c(cc1OC(C)=O)CC1c3c(cc(OC(C)=O)c(OC)c3-2)CCN1C. The largest absolute Gasteiger partial charge is 0.493 e. The highest BCUT2D eigenvalue weighted by Crippen LogP contribution is 2.54. The Kier molecular flexibility index (Phi) is 5.15. The molecule has 1 aliphatic heterocycles. The molecule has 0 spiro atoms. The van der Waals surface area contributed by atoms with Crippen molar-refractivity contribution in [3.8, 4) is 34.1 Å². The minimum atomic E-state index is -0.406. The zero-order chi connectivity index (χ0) is 21.6. The molecule has 2 aromatic rings. The highest BCUT2D eigenvalue weighted by Gasteiger charge is 2.37. The third kappa shape index (κ3) is 3.29. The van der Waals surface area contributed by atoms with E-state index >= 15 is 0 Å². The van der Waals surface area contributed by atoms with Crippen molar-refractivity contribution in [1.29, 1.82) is 0 Å². The van der Waals surface area contributed by atoms with Crippen LogP contribution in [0.25, 0.3) is 11.1 Å².